The van der Waals surface area contributed by atoms with Crippen LogP contribution in [0.1, 0.15) is 5.56 Å². The van der Waals surface area contributed by atoms with Crippen LogP contribution in [0.5, 0.6) is 0 Å². The predicted molar refractivity (Wildman–Crippen MR) is 67.7 cm³/mol. The van der Waals surface area contributed by atoms with Crippen LogP contribution in [-0.4, -0.2) is 38.4 Å². The Morgan fingerprint density at radius 3 is 2.50 bits per heavy atom. The Hall–Kier alpha value is -2.07. The molecule has 0 aliphatic heterocycles. The Kier molecular flexibility index (Phi) is 3.21. The highest BCUT2D eigenvalue weighted by Gasteiger charge is 2.21. The van der Waals surface area contributed by atoms with E-state index >= 15 is 0 Å². The van der Waals surface area contributed by atoms with E-state index in [9.17, 15) is 8.42 Å². The summed E-state index contributed by atoms with van der Waals surface area (Å²) >= 11 is 0. The van der Waals surface area contributed by atoms with Gasteiger partial charge in [0.15, 0.2) is 0 Å². The van der Waals surface area contributed by atoms with Crippen LogP contribution in [-0.2, 0) is 9.84 Å². The largest absolute Gasteiger partial charge is 0.310 e. The highest BCUT2D eigenvalue weighted by molar-refractivity contribution is 7.91. The third-order valence-electron chi connectivity index (χ3n) is 2.41. The number of nitrogens with zero attached hydrogens (tertiary/aromatic N) is 4. The Morgan fingerprint density at radius 2 is 2.00 bits per heavy atom. The first kappa shape index (κ1) is 12.4. The third-order valence-corrected chi connectivity index (χ3v) is 4.04. The number of rotatable bonds is 3. The van der Waals surface area contributed by atoms with Crippen molar-refractivity contribution in [2.75, 3.05) is 0 Å². The summed E-state index contributed by atoms with van der Waals surface area (Å²) in [4.78, 5) is 0.102. The molecule has 0 saturated carbocycles. The van der Waals surface area contributed by atoms with Crippen LogP contribution in [0.15, 0.2) is 40.4 Å². The van der Waals surface area contributed by atoms with Crippen LogP contribution >= 0.6 is 0 Å². The predicted octanol–water partition coefficient (Wildman–Crippen LogP) is -1.27. The molecular formula is C9H8B2N4O2S. The minimum Gasteiger partial charge on any atom is -0.310 e. The van der Waals surface area contributed by atoms with Crippen molar-refractivity contribution in [2.45, 2.75) is 9.92 Å². The second kappa shape index (κ2) is 4.66. The fourth-order valence-electron chi connectivity index (χ4n) is 1.39. The standard InChI is InChI=1S/C9H8B2N4O2S/c10-11-15-6-9(13-14-15)18(16,17)8-3-1-7(5-12)2-4-8/h1-4,6,11H,10H2. The molecule has 0 amide bonds. The molecule has 6 nitrogen and oxygen atoms in total. The normalized spacial score (nSPS) is 10.8. The van der Waals surface area contributed by atoms with Crippen LogP contribution in [0.3, 0.4) is 0 Å². The molecule has 0 unspecified atom stereocenters. The second-order valence-corrected chi connectivity index (χ2v) is 5.45. The van der Waals surface area contributed by atoms with Gasteiger partial charge in [-0.3, -0.25) is 0 Å². The van der Waals surface area contributed by atoms with Gasteiger partial charge in [0.1, 0.15) is 0 Å². The molecule has 0 aliphatic rings. The zero-order chi connectivity index (χ0) is 13.2. The average molecular weight is 258 g/mol. The fourth-order valence-corrected chi connectivity index (χ4v) is 2.53. The van der Waals surface area contributed by atoms with E-state index < -0.39 is 9.84 Å². The maximum Gasteiger partial charge on any atom is 0.227 e. The van der Waals surface area contributed by atoms with Crippen LogP contribution in [0.25, 0.3) is 0 Å². The molecule has 0 bridgehead atoms. The molecule has 0 saturated heterocycles. The van der Waals surface area contributed by atoms with E-state index in [1.807, 2.05) is 13.8 Å². The van der Waals surface area contributed by atoms with Gasteiger partial charge in [-0.15, -0.1) is 5.10 Å². The van der Waals surface area contributed by atoms with Crippen molar-refractivity contribution in [3.05, 3.63) is 36.0 Å². The summed E-state index contributed by atoms with van der Waals surface area (Å²) in [5.41, 5.74) is 0.408. The van der Waals surface area contributed by atoms with Gasteiger partial charge in [0.2, 0.25) is 22.2 Å². The van der Waals surface area contributed by atoms with E-state index in [-0.39, 0.29) is 9.92 Å². The van der Waals surface area contributed by atoms with Gasteiger partial charge in [0.25, 0.3) is 0 Å². The molecule has 1 aromatic carbocycles. The van der Waals surface area contributed by atoms with Gasteiger partial charge in [-0.1, -0.05) is 5.21 Å². The van der Waals surface area contributed by atoms with Gasteiger partial charge in [0.05, 0.1) is 24.3 Å². The summed E-state index contributed by atoms with van der Waals surface area (Å²) in [5, 5.41) is 15.9. The number of aromatic nitrogens is 3. The van der Waals surface area contributed by atoms with E-state index in [1.54, 1.807) is 0 Å². The highest BCUT2D eigenvalue weighted by atomic mass is 32.2. The van der Waals surface area contributed by atoms with E-state index in [0.717, 1.165) is 0 Å². The van der Waals surface area contributed by atoms with Gasteiger partial charge in [-0.05, 0) is 24.3 Å². The molecule has 1 heterocycles. The average Bonchev–Trinajstić information content (AvgIpc) is 2.88. The first-order chi connectivity index (χ1) is 8.57. The number of sulfone groups is 1. The molecule has 0 fully saturated rings. The van der Waals surface area contributed by atoms with Gasteiger partial charge < -0.3 is 4.59 Å². The summed E-state index contributed by atoms with van der Waals surface area (Å²) in [5.74, 6) is 0. The number of nitriles is 1. The fraction of sp³-hybridized carbons (Fsp3) is 0. The second-order valence-electron chi connectivity index (χ2n) is 3.55. The Balaban J connectivity index is 2.44. The minimum atomic E-state index is -3.66. The molecule has 88 valence electrons. The number of hydrogen-bond donors (Lipinski definition) is 0. The zero-order valence-electron chi connectivity index (χ0n) is 9.61. The van der Waals surface area contributed by atoms with E-state index in [1.165, 1.54) is 35.1 Å². The molecule has 9 heteroatoms. The number of benzene rings is 1. The molecule has 0 aliphatic carbocycles. The van der Waals surface area contributed by atoms with Gasteiger partial charge >= 0.3 is 0 Å². The summed E-state index contributed by atoms with van der Waals surface area (Å²) in [7, 11) is -1.27. The van der Waals surface area contributed by atoms with E-state index in [4.69, 9.17) is 5.26 Å². The molecule has 1 aromatic heterocycles. The zero-order valence-corrected chi connectivity index (χ0v) is 10.4. The third kappa shape index (κ3) is 2.15. The van der Waals surface area contributed by atoms with E-state index in [2.05, 4.69) is 10.3 Å². The van der Waals surface area contributed by atoms with Crippen molar-refractivity contribution in [3.8, 4) is 6.07 Å². The summed E-state index contributed by atoms with van der Waals surface area (Å²) < 4.78 is 25.8. The molecular weight excluding hydrogens is 250 g/mol. The maximum atomic E-state index is 12.2. The lowest BCUT2D eigenvalue weighted by Gasteiger charge is -1.99. The van der Waals surface area contributed by atoms with Gasteiger partial charge in [-0.2, -0.15) is 5.26 Å². The van der Waals surface area contributed by atoms with E-state index in [0.29, 0.717) is 12.9 Å². The van der Waals surface area contributed by atoms with Crippen molar-refractivity contribution in [2.24, 2.45) is 0 Å². The lowest BCUT2D eigenvalue weighted by Crippen LogP contribution is -2.06. The van der Waals surface area contributed by atoms with Gasteiger partial charge in [0, 0.05) is 6.20 Å². The first-order valence-corrected chi connectivity index (χ1v) is 6.71. The van der Waals surface area contributed by atoms with Crippen LogP contribution < -0.4 is 0 Å². The van der Waals surface area contributed by atoms with Crippen molar-refractivity contribution in [3.63, 3.8) is 0 Å². The Morgan fingerprint density at radius 1 is 1.33 bits per heavy atom. The summed E-state index contributed by atoms with van der Waals surface area (Å²) in [6, 6.07) is 7.62. The maximum absolute atomic E-state index is 12.2. The van der Waals surface area contributed by atoms with Gasteiger partial charge in [-0.25, -0.2) is 8.42 Å². The molecule has 2 aromatic rings. The van der Waals surface area contributed by atoms with Crippen molar-refractivity contribution in [1.82, 2.24) is 14.9 Å². The van der Waals surface area contributed by atoms with Crippen LogP contribution in [0.2, 0.25) is 0 Å². The van der Waals surface area contributed by atoms with Crippen LogP contribution in [0, 0.1) is 11.3 Å². The lowest BCUT2D eigenvalue weighted by molar-refractivity contribution is 0.592. The van der Waals surface area contributed by atoms with Crippen LogP contribution in [0.4, 0.5) is 0 Å². The topological polar surface area (TPSA) is 88.6 Å². The van der Waals surface area contributed by atoms with Crippen molar-refractivity contribution >= 4 is 24.9 Å². The highest BCUT2D eigenvalue weighted by Crippen LogP contribution is 2.18. The summed E-state index contributed by atoms with van der Waals surface area (Å²) in [6.45, 7) is 0. The molecule has 18 heavy (non-hydrogen) atoms. The molecule has 0 spiro atoms. The smallest absolute Gasteiger partial charge is 0.227 e. The molecule has 0 atom stereocenters. The van der Waals surface area contributed by atoms with Crippen molar-refractivity contribution < 1.29 is 8.42 Å². The molecule has 2 rings (SSSR count). The Labute approximate surface area is 106 Å². The molecule has 0 radical (unpaired) electrons. The first-order valence-electron chi connectivity index (χ1n) is 5.23. The lowest BCUT2D eigenvalue weighted by atomic mass is 9.67. The monoisotopic (exact) mass is 258 g/mol. The minimum absolute atomic E-state index is 0.0888. The SMILES string of the molecule is BBn1cc(S(=O)(=O)c2ccc(C#N)cc2)nn1. The van der Waals surface area contributed by atoms with Crippen molar-refractivity contribution in [1.29, 1.82) is 5.26 Å². The Bertz CT molecular complexity index is 703. The summed E-state index contributed by atoms with van der Waals surface area (Å²) in [6.07, 6.45) is 1.38. The number of hydrogen-bond acceptors (Lipinski definition) is 5. The molecule has 0 N–H and O–H groups in total. The quantitative estimate of drug-likeness (QED) is 0.640.